The SMILES string of the molecule is Cc1cc2c(cc1F)CC1CNCC(C)N21. The molecule has 2 aliphatic rings. The normalized spacial score (nSPS) is 27.8. The minimum atomic E-state index is -0.0702. The van der Waals surface area contributed by atoms with E-state index in [1.54, 1.807) is 6.07 Å². The molecule has 3 heteroatoms. The largest absolute Gasteiger partial charge is 0.363 e. The van der Waals surface area contributed by atoms with Crippen LogP contribution in [0.3, 0.4) is 0 Å². The minimum Gasteiger partial charge on any atom is -0.363 e. The maximum absolute atomic E-state index is 13.5. The van der Waals surface area contributed by atoms with Gasteiger partial charge in [0.15, 0.2) is 0 Å². The minimum absolute atomic E-state index is 0.0702. The first kappa shape index (κ1) is 10.1. The number of piperazine rings is 1. The first-order chi connectivity index (χ1) is 7.66. The summed E-state index contributed by atoms with van der Waals surface area (Å²) >= 11 is 0. The third kappa shape index (κ3) is 1.34. The van der Waals surface area contributed by atoms with Crippen LogP contribution in [0.1, 0.15) is 18.1 Å². The molecule has 1 aromatic rings. The molecular weight excluding hydrogens is 203 g/mol. The van der Waals surface area contributed by atoms with Crippen LogP contribution in [-0.4, -0.2) is 25.2 Å². The zero-order valence-electron chi connectivity index (χ0n) is 9.76. The number of fused-ring (bicyclic) bond motifs is 3. The first-order valence-electron chi connectivity index (χ1n) is 5.95. The molecule has 2 nitrogen and oxygen atoms in total. The molecule has 0 aromatic heterocycles. The van der Waals surface area contributed by atoms with Gasteiger partial charge in [0.2, 0.25) is 0 Å². The number of nitrogens with one attached hydrogen (secondary N) is 1. The number of halogens is 1. The molecule has 1 aromatic carbocycles. The topological polar surface area (TPSA) is 15.3 Å². The van der Waals surface area contributed by atoms with Gasteiger partial charge >= 0.3 is 0 Å². The second kappa shape index (κ2) is 3.45. The average molecular weight is 220 g/mol. The lowest BCUT2D eigenvalue weighted by Gasteiger charge is -2.38. The lowest BCUT2D eigenvalue weighted by atomic mass is 10.1. The summed E-state index contributed by atoms with van der Waals surface area (Å²) < 4.78 is 13.5. The van der Waals surface area contributed by atoms with Gasteiger partial charge in [-0.3, -0.25) is 0 Å². The zero-order valence-corrected chi connectivity index (χ0v) is 9.76. The van der Waals surface area contributed by atoms with Crippen molar-refractivity contribution in [3.05, 3.63) is 29.1 Å². The molecule has 86 valence electrons. The van der Waals surface area contributed by atoms with E-state index in [9.17, 15) is 4.39 Å². The highest BCUT2D eigenvalue weighted by Gasteiger charge is 2.35. The highest BCUT2D eigenvalue weighted by atomic mass is 19.1. The van der Waals surface area contributed by atoms with Crippen LogP contribution in [0, 0.1) is 12.7 Å². The van der Waals surface area contributed by atoms with Gasteiger partial charge in [-0.1, -0.05) is 0 Å². The Balaban J connectivity index is 2.06. The summed E-state index contributed by atoms with van der Waals surface area (Å²) in [7, 11) is 0. The Kier molecular flexibility index (Phi) is 2.18. The van der Waals surface area contributed by atoms with Gasteiger partial charge < -0.3 is 10.2 Å². The number of anilines is 1. The fourth-order valence-electron chi connectivity index (χ4n) is 2.99. The first-order valence-corrected chi connectivity index (χ1v) is 5.95. The fourth-order valence-corrected chi connectivity index (χ4v) is 2.99. The van der Waals surface area contributed by atoms with E-state index in [2.05, 4.69) is 17.1 Å². The van der Waals surface area contributed by atoms with E-state index in [1.807, 2.05) is 13.0 Å². The molecule has 0 amide bonds. The summed E-state index contributed by atoms with van der Waals surface area (Å²) in [6, 6.07) is 4.74. The summed E-state index contributed by atoms with van der Waals surface area (Å²) in [4.78, 5) is 2.46. The van der Waals surface area contributed by atoms with Crippen LogP contribution in [0.2, 0.25) is 0 Å². The van der Waals surface area contributed by atoms with E-state index in [0.29, 0.717) is 12.1 Å². The van der Waals surface area contributed by atoms with Crippen LogP contribution in [-0.2, 0) is 6.42 Å². The number of aryl methyl sites for hydroxylation is 1. The van der Waals surface area contributed by atoms with Crippen molar-refractivity contribution in [1.29, 1.82) is 0 Å². The van der Waals surface area contributed by atoms with Crippen molar-refractivity contribution >= 4 is 5.69 Å². The maximum Gasteiger partial charge on any atom is 0.126 e. The summed E-state index contributed by atoms with van der Waals surface area (Å²) in [5.41, 5.74) is 3.17. The summed E-state index contributed by atoms with van der Waals surface area (Å²) in [5, 5.41) is 3.43. The predicted octanol–water partition coefficient (Wildman–Crippen LogP) is 1.86. The van der Waals surface area contributed by atoms with Gasteiger partial charge in [0.25, 0.3) is 0 Å². The van der Waals surface area contributed by atoms with Crippen LogP contribution in [0.5, 0.6) is 0 Å². The molecule has 2 heterocycles. The summed E-state index contributed by atoms with van der Waals surface area (Å²) in [6.07, 6.45) is 0.976. The number of benzene rings is 1. The molecular formula is C13H17FN2. The Hall–Kier alpha value is -1.09. The third-order valence-corrected chi connectivity index (χ3v) is 3.78. The average Bonchev–Trinajstić information content (AvgIpc) is 2.58. The van der Waals surface area contributed by atoms with E-state index in [-0.39, 0.29) is 5.82 Å². The third-order valence-electron chi connectivity index (χ3n) is 3.78. The monoisotopic (exact) mass is 220 g/mol. The van der Waals surface area contributed by atoms with Gasteiger partial charge in [0.1, 0.15) is 5.82 Å². The molecule has 1 saturated heterocycles. The predicted molar refractivity (Wildman–Crippen MR) is 63.4 cm³/mol. The van der Waals surface area contributed by atoms with Gasteiger partial charge in [-0.15, -0.1) is 0 Å². The standard InChI is InChI=1S/C13H17FN2/c1-8-3-13-10(5-12(8)14)4-11-7-15-6-9(2)16(11)13/h3,5,9,11,15H,4,6-7H2,1-2H3. The van der Waals surface area contributed by atoms with Crippen molar-refractivity contribution in [2.45, 2.75) is 32.4 Å². The van der Waals surface area contributed by atoms with Crippen LogP contribution in [0.15, 0.2) is 12.1 Å². The molecule has 0 spiro atoms. The van der Waals surface area contributed by atoms with Gasteiger partial charge in [-0.2, -0.15) is 0 Å². The molecule has 2 unspecified atom stereocenters. The van der Waals surface area contributed by atoms with Crippen LogP contribution in [0.25, 0.3) is 0 Å². The summed E-state index contributed by atoms with van der Waals surface area (Å²) in [6.45, 7) is 6.11. The molecule has 2 aliphatic heterocycles. The van der Waals surface area contributed by atoms with Gasteiger partial charge in [-0.25, -0.2) is 4.39 Å². The van der Waals surface area contributed by atoms with E-state index in [4.69, 9.17) is 0 Å². The molecule has 0 radical (unpaired) electrons. The highest BCUT2D eigenvalue weighted by molar-refractivity contribution is 5.62. The lowest BCUT2D eigenvalue weighted by Crippen LogP contribution is -2.54. The molecule has 2 atom stereocenters. The second-order valence-corrected chi connectivity index (χ2v) is 5.00. The van der Waals surface area contributed by atoms with Crippen molar-refractivity contribution in [3.8, 4) is 0 Å². The Bertz CT molecular complexity index is 430. The molecule has 0 saturated carbocycles. The van der Waals surface area contributed by atoms with Crippen molar-refractivity contribution in [3.63, 3.8) is 0 Å². The molecule has 16 heavy (non-hydrogen) atoms. The zero-order chi connectivity index (χ0) is 11.3. The Labute approximate surface area is 95.4 Å². The van der Waals surface area contributed by atoms with Crippen molar-refractivity contribution in [2.75, 3.05) is 18.0 Å². The van der Waals surface area contributed by atoms with Crippen molar-refractivity contribution in [1.82, 2.24) is 5.32 Å². The molecule has 0 aliphatic carbocycles. The number of nitrogens with zero attached hydrogens (tertiary/aromatic N) is 1. The van der Waals surface area contributed by atoms with Crippen LogP contribution >= 0.6 is 0 Å². The van der Waals surface area contributed by atoms with Crippen LogP contribution < -0.4 is 10.2 Å². The number of hydrogen-bond acceptors (Lipinski definition) is 2. The smallest absolute Gasteiger partial charge is 0.126 e. The molecule has 1 N–H and O–H groups in total. The number of hydrogen-bond donors (Lipinski definition) is 1. The van der Waals surface area contributed by atoms with Crippen molar-refractivity contribution < 1.29 is 4.39 Å². The molecule has 1 fully saturated rings. The quantitative estimate of drug-likeness (QED) is 0.718. The van der Waals surface area contributed by atoms with Crippen molar-refractivity contribution in [2.24, 2.45) is 0 Å². The molecule has 3 rings (SSSR count). The van der Waals surface area contributed by atoms with Gasteiger partial charge in [-0.05, 0) is 43.5 Å². The molecule has 0 bridgehead atoms. The van der Waals surface area contributed by atoms with E-state index in [1.165, 1.54) is 11.3 Å². The van der Waals surface area contributed by atoms with Gasteiger partial charge in [0.05, 0.1) is 0 Å². The second-order valence-electron chi connectivity index (χ2n) is 5.00. The van der Waals surface area contributed by atoms with E-state index < -0.39 is 0 Å². The van der Waals surface area contributed by atoms with Crippen LogP contribution in [0.4, 0.5) is 10.1 Å². The number of rotatable bonds is 0. The van der Waals surface area contributed by atoms with Gasteiger partial charge in [0, 0.05) is 30.9 Å². The lowest BCUT2D eigenvalue weighted by molar-refractivity contribution is 0.430. The fraction of sp³-hybridized carbons (Fsp3) is 0.538. The van der Waals surface area contributed by atoms with E-state index in [0.717, 1.165) is 25.1 Å². The Morgan fingerprint density at radius 2 is 2.19 bits per heavy atom. The van der Waals surface area contributed by atoms with E-state index >= 15 is 0 Å². The maximum atomic E-state index is 13.5. The summed E-state index contributed by atoms with van der Waals surface area (Å²) in [5.74, 6) is -0.0702. The highest BCUT2D eigenvalue weighted by Crippen LogP contribution is 2.36. The Morgan fingerprint density at radius 3 is 3.00 bits per heavy atom. The Morgan fingerprint density at radius 1 is 1.38 bits per heavy atom.